The normalized spacial score (nSPS) is 10.2. The average molecular weight is 192 g/mol. The van der Waals surface area contributed by atoms with Gasteiger partial charge in [0.25, 0.3) is 0 Å². The highest BCUT2D eigenvalue weighted by Crippen LogP contribution is 2.24. The summed E-state index contributed by atoms with van der Waals surface area (Å²) in [6.45, 7) is 1.92. The van der Waals surface area contributed by atoms with Gasteiger partial charge in [0.05, 0.1) is 0 Å². The third-order valence-electron chi connectivity index (χ3n) is 1.64. The van der Waals surface area contributed by atoms with Crippen molar-refractivity contribution in [3.05, 3.63) is 29.3 Å². The molecule has 3 nitrogen and oxygen atoms in total. The molecule has 0 aliphatic heterocycles. The molecule has 2 aromatic rings. The molecule has 0 fully saturated rings. The number of aromatic hydroxyl groups is 1. The smallest absolute Gasteiger partial charge is 0.147 e. The minimum absolute atomic E-state index is 0.269. The predicted molar refractivity (Wildman–Crippen MR) is 51.7 cm³/mol. The summed E-state index contributed by atoms with van der Waals surface area (Å²) in [6.07, 6.45) is 0. The summed E-state index contributed by atoms with van der Waals surface area (Å²) in [4.78, 5) is 0. The van der Waals surface area contributed by atoms with Gasteiger partial charge in [-0.05, 0) is 31.2 Å². The van der Waals surface area contributed by atoms with Crippen molar-refractivity contribution in [1.29, 1.82) is 0 Å². The van der Waals surface area contributed by atoms with Crippen molar-refractivity contribution >= 4 is 11.3 Å². The second kappa shape index (κ2) is 3.14. The number of aromatic nitrogens is 2. The quantitative estimate of drug-likeness (QED) is 0.753. The maximum absolute atomic E-state index is 9.08. The van der Waals surface area contributed by atoms with E-state index in [9.17, 15) is 0 Å². The zero-order valence-corrected chi connectivity index (χ0v) is 7.88. The molecule has 0 radical (unpaired) electrons. The summed E-state index contributed by atoms with van der Waals surface area (Å²) >= 11 is 1.54. The first-order valence-electron chi connectivity index (χ1n) is 3.85. The van der Waals surface area contributed by atoms with E-state index >= 15 is 0 Å². The number of aryl methyl sites for hydroxylation is 1. The van der Waals surface area contributed by atoms with E-state index in [1.807, 2.05) is 19.1 Å². The van der Waals surface area contributed by atoms with Crippen LogP contribution in [0.25, 0.3) is 10.6 Å². The van der Waals surface area contributed by atoms with Gasteiger partial charge >= 0.3 is 0 Å². The number of benzene rings is 1. The Morgan fingerprint density at radius 2 is 1.85 bits per heavy atom. The lowest BCUT2D eigenvalue weighted by molar-refractivity contribution is 0.475. The Kier molecular flexibility index (Phi) is 1.98. The molecule has 0 bridgehead atoms. The lowest BCUT2D eigenvalue weighted by atomic mass is 10.2. The summed E-state index contributed by atoms with van der Waals surface area (Å²) in [5.74, 6) is 0.269. The van der Waals surface area contributed by atoms with Crippen LogP contribution < -0.4 is 0 Å². The number of nitrogens with zero attached hydrogens (tertiary/aromatic N) is 2. The zero-order valence-electron chi connectivity index (χ0n) is 7.06. The number of phenolic OH excluding ortho intramolecular Hbond substituents is 1. The first-order chi connectivity index (χ1) is 6.25. The standard InChI is InChI=1S/C9H8N2OS/c1-6-10-11-9(13-6)7-2-4-8(12)5-3-7/h2-5,12H,1H3. The highest BCUT2D eigenvalue weighted by atomic mass is 32.1. The van der Waals surface area contributed by atoms with Crippen LogP contribution in [-0.4, -0.2) is 15.3 Å². The molecule has 1 aromatic carbocycles. The first kappa shape index (κ1) is 8.19. The Bertz CT molecular complexity index is 408. The molecule has 0 unspecified atom stereocenters. The molecule has 13 heavy (non-hydrogen) atoms. The van der Waals surface area contributed by atoms with Crippen LogP contribution in [0.2, 0.25) is 0 Å². The molecule has 0 atom stereocenters. The van der Waals surface area contributed by atoms with E-state index < -0.39 is 0 Å². The molecule has 0 aliphatic carbocycles. The minimum Gasteiger partial charge on any atom is -0.508 e. The van der Waals surface area contributed by atoms with Crippen molar-refractivity contribution in [3.63, 3.8) is 0 Å². The fraction of sp³-hybridized carbons (Fsp3) is 0.111. The Labute approximate surface area is 79.7 Å². The molecule has 2 rings (SSSR count). The summed E-state index contributed by atoms with van der Waals surface area (Å²) < 4.78 is 0. The molecule has 0 aliphatic rings. The van der Waals surface area contributed by atoms with Crippen molar-refractivity contribution in [3.8, 4) is 16.3 Å². The van der Waals surface area contributed by atoms with Crippen LogP contribution >= 0.6 is 11.3 Å². The third kappa shape index (κ3) is 1.67. The van der Waals surface area contributed by atoms with E-state index in [4.69, 9.17) is 5.11 Å². The van der Waals surface area contributed by atoms with Crippen LogP contribution in [0.1, 0.15) is 5.01 Å². The molecule has 1 N–H and O–H groups in total. The molecule has 4 heteroatoms. The maximum Gasteiger partial charge on any atom is 0.147 e. The molecule has 1 aromatic heterocycles. The van der Waals surface area contributed by atoms with Gasteiger partial charge in [-0.1, -0.05) is 11.3 Å². The lowest BCUT2D eigenvalue weighted by Gasteiger charge is -1.94. The van der Waals surface area contributed by atoms with E-state index in [2.05, 4.69) is 10.2 Å². The molecular weight excluding hydrogens is 184 g/mol. The van der Waals surface area contributed by atoms with E-state index in [0.717, 1.165) is 15.6 Å². The molecule has 0 saturated heterocycles. The Morgan fingerprint density at radius 3 is 2.38 bits per heavy atom. The van der Waals surface area contributed by atoms with Gasteiger partial charge in [0.1, 0.15) is 15.8 Å². The predicted octanol–water partition coefficient (Wildman–Crippen LogP) is 2.22. The molecule has 1 heterocycles. The third-order valence-corrected chi connectivity index (χ3v) is 2.53. The highest BCUT2D eigenvalue weighted by molar-refractivity contribution is 7.14. The number of hydrogen-bond donors (Lipinski definition) is 1. The van der Waals surface area contributed by atoms with Gasteiger partial charge in [-0.2, -0.15) is 0 Å². The summed E-state index contributed by atoms with van der Waals surface area (Å²) in [5, 5.41) is 18.8. The molecule has 0 spiro atoms. The summed E-state index contributed by atoms with van der Waals surface area (Å²) in [7, 11) is 0. The minimum atomic E-state index is 0.269. The van der Waals surface area contributed by atoms with Gasteiger partial charge in [0.15, 0.2) is 0 Å². The van der Waals surface area contributed by atoms with E-state index in [0.29, 0.717) is 0 Å². The highest BCUT2D eigenvalue weighted by Gasteiger charge is 2.02. The van der Waals surface area contributed by atoms with Crippen LogP contribution in [0, 0.1) is 6.92 Å². The zero-order chi connectivity index (χ0) is 9.26. The van der Waals surface area contributed by atoms with Gasteiger partial charge in [-0.25, -0.2) is 0 Å². The first-order valence-corrected chi connectivity index (χ1v) is 4.67. The fourth-order valence-electron chi connectivity index (χ4n) is 1.02. The van der Waals surface area contributed by atoms with Crippen molar-refractivity contribution in [2.45, 2.75) is 6.92 Å². The van der Waals surface area contributed by atoms with Gasteiger partial charge in [-0.3, -0.25) is 0 Å². The average Bonchev–Trinajstić information content (AvgIpc) is 2.53. The molecule has 0 amide bonds. The maximum atomic E-state index is 9.08. The van der Waals surface area contributed by atoms with E-state index in [1.54, 1.807) is 23.5 Å². The number of phenols is 1. The van der Waals surface area contributed by atoms with Crippen LogP contribution in [0.4, 0.5) is 0 Å². The second-order valence-corrected chi connectivity index (χ2v) is 3.85. The van der Waals surface area contributed by atoms with Crippen LogP contribution in [0.3, 0.4) is 0 Å². The van der Waals surface area contributed by atoms with E-state index in [-0.39, 0.29) is 5.75 Å². The molecular formula is C9H8N2OS. The second-order valence-electron chi connectivity index (χ2n) is 2.67. The molecule has 66 valence electrons. The topological polar surface area (TPSA) is 46.0 Å². The largest absolute Gasteiger partial charge is 0.508 e. The van der Waals surface area contributed by atoms with E-state index in [1.165, 1.54) is 0 Å². The lowest BCUT2D eigenvalue weighted by Crippen LogP contribution is -1.75. The number of rotatable bonds is 1. The van der Waals surface area contributed by atoms with Crippen LogP contribution in [-0.2, 0) is 0 Å². The van der Waals surface area contributed by atoms with Gasteiger partial charge in [0, 0.05) is 5.56 Å². The van der Waals surface area contributed by atoms with Gasteiger partial charge < -0.3 is 5.11 Å². The Morgan fingerprint density at radius 1 is 1.15 bits per heavy atom. The number of hydrogen-bond acceptors (Lipinski definition) is 4. The Hall–Kier alpha value is -1.42. The SMILES string of the molecule is Cc1nnc(-c2ccc(O)cc2)s1. The van der Waals surface area contributed by atoms with Crippen LogP contribution in [0.15, 0.2) is 24.3 Å². The van der Waals surface area contributed by atoms with Crippen LogP contribution in [0.5, 0.6) is 5.75 Å². The van der Waals surface area contributed by atoms with Crippen molar-refractivity contribution in [2.24, 2.45) is 0 Å². The fourth-order valence-corrected chi connectivity index (χ4v) is 1.71. The monoisotopic (exact) mass is 192 g/mol. The van der Waals surface area contributed by atoms with Gasteiger partial charge in [0.2, 0.25) is 0 Å². The summed E-state index contributed by atoms with van der Waals surface area (Å²) in [6, 6.07) is 6.95. The molecule has 0 saturated carbocycles. The summed E-state index contributed by atoms with van der Waals surface area (Å²) in [5.41, 5.74) is 0.989. The van der Waals surface area contributed by atoms with Crippen molar-refractivity contribution in [2.75, 3.05) is 0 Å². The van der Waals surface area contributed by atoms with Crippen molar-refractivity contribution < 1.29 is 5.11 Å². The van der Waals surface area contributed by atoms with Crippen molar-refractivity contribution in [1.82, 2.24) is 10.2 Å². The Balaban J connectivity index is 2.41. The van der Waals surface area contributed by atoms with Gasteiger partial charge in [-0.15, -0.1) is 10.2 Å².